The molecule has 0 aliphatic carbocycles. The molecule has 1 saturated heterocycles. The standard InChI is InChI=1S/C21H17Cl2N3O4/c1-21(15-8-7-12(22)11-16(15)23)19(29)26(20(30)24-21)10-4-9-25-17(27)13-5-2-3-6-14(13)18(25)28/h2-3,5-8,11H,4,9-10H2,1H3,(H,24,30). The van der Waals surface area contributed by atoms with Crippen LogP contribution < -0.4 is 5.32 Å². The average molecular weight is 446 g/mol. The van der Waals surface area contributed by atoms with Crippen molar-refractivity contribution in [3.8, 4) is 0 Å². The summed E-state index contributed by atoms with van der Waals surface area (Å²) in [5, 5.41) is 3.37. The number of benzene rings is 2. The summed E-state index contributed by atoms with van der Waals surface area (Å²) >= 11 is 12.2. The van der Waals surface area contributed by atoms with Crippen molar-refractivity contribution in [2.24, 2.45) is 0 Å². The summed E-state index contributed by atoms with van der Waals surface area (Å²) in [4.78, 5) is 52.6. The molecule has 0 aromatic heterocycles. The third-order valence-electron chi connectivity index (χ3n) is 5.39. The van der Waals surface area contributed by atoms with E-state index in [2.05, 4.69) is 5.32 Å². The Bertz CT molecular complexity index is 1070. The number of hydrogen-bond acceptors (Lipinski definition) is 4. The van der Waals surface area contributed by atoms with Gasteiger partial charge < -0.3 is 5.32 Å². The smallest absolute Gasteiger partial charge is 0.319 e. The molecule has 0 bridgehead atoms. The summed E-state index contributed by atoms with van der Waals surface area (Å²) in [6.45, 7) is 1.73. The number of amides is 5. The topological polar surface area (TPSA) is 86.8 Å². The lowest BCUT2D eigenvalue weighted by Crippen LogP contribution is -2.41. The molecule has 7 nitrogen and oxygen atoms in total. The van der Waals surface area contributed by atoms with Crippen molar-refractivity contribution >= 4 is 47.0 Å². The van der Waals surface area contributed by atoms with Gasteiger partial charge in [0.05, 0.1) is 11.1 Å². The minimum Gasteiger partial charge on any atom is -0.319 e. The number of fused-ring (bicyclic) bond motifs is 1. The quantitative estimate of drug-likeness (QED) is 0.563. The maximum Gasteiger partial charge on any atom is 0.325 e. The molecule has 1 unspecified atom stereocenters. The van der Waals surface area contributed by atoms with Gasteiger partial charge in [0.2, 0.25) is 0 Å². The lowest BCUT2D eigenvalue weighted by Gasteiger charge is -2.23. The van der Waals surface area contributed by atoms with Crippen LogP contribution in [0.4, 0.5) is 4.79 Å². The van der Waals surface area contributed by atoms with Crippen molar-refractivity contribution in [3.05, 3.63) is 69.2 Å². The number of imide groups is 2. The molecule has 0 saturated carbocycles. The molecule has 1 fully saturated rings. The molecule has 2 aromatic carbocycles. The normalized spacial score (nSPS) is 20.8. The van der Waals surface area contributed by atoms with Crippen molar-refractivity contribution in [1.29, 1.82) is 0 Å². The molecule has 30 heavy (non-hydrogen) atoms. The molecule has 9 heteroatoms. The molecule has 1 atom stereocenters. The van der Waals surface area contributed by atoms with Crippen LogP contribution in [0, 0.1) is 0 Å². The van der Waals surface area contributed by atoms with E-state index in [1.165, 1.54) is 6.07 Å². The number of urea groups is 1. The molecule has 2 heterocycles. The second kappa shape index (κ2) is 7.41. The van der Waals surface area contributed by atoms with Gasteiger partial charge in [0, 0.05) is 28.7 Å². The third kappa shape index (κ3) is 3.14. The largest absolute Gasteiger partial charge is 0.325 e. The summed E-state index contributed by atoms with van der Waals surface area (Å²) in [6, 6.07) is 10.8. The minimum atomic E-state index is -1.33. The van der Waals surface area contributed by atoms with Crippen molar-refractivity contribution in [2.75, 3.05) is 13.1 Å². The fourth-order valence-corrected chi connectivity index (χ4v) is 4.40. The summed E-state index contributed by atoms with van der Waals surface area (Å²) in [7, 11) is 0. The van der Waals surface area contributed by atoms with E-state index in [0.29, 0.717) is 21.7 Å². The lowest BCUT2D eigenvalue weighted by atomic mass is 9.92. The Balaban J connectivity index is 1.45. The van der Waals surface area contributed by atoms with Gasteiger partial charge >= 0.3 is 6.03 Å². The molecular weight excluding hydrogens is 429 g/mol. The Morgan fingerprint density at radius 2 is 1.50 bits per heavy atom. The highest BCUT2D eigenvalue weighted by molar-refractivity contribution is 6.35. The number of rotatable bonds is 5. The Hall–Kier alpha value is -2.90. The Labute approximate surface area is 182 Å². The van der Waals surface area contributed by atoms with Gasteiger partial charge in [-0.1, -0.05) is 41.4 Å². The molecule has 1 N–H and O–H groups in total. The fraction of sp³-hybridized carbons (Fsp3) is 0.238. The van der Waals surface area contributed by atoms with Gasteiger partial charge in [-0.15, -0.1) is 0 Å². The van der Waals surface area contributed by atoms with E-state index in [4.69, 9.17) is 23.2 Å². The molecule has 2 aromatic rings. The zero-order chi connectivity index (χ0) is 21.6. The first-order valence-electron chi connectivity index (χ1n) is 9.29. The van der Waals surface area contributed by atoms with Crippen LogP contribution in [0.3, 0.4) is 0 Å². The van der Waals surface area contributed by atoms with Crippen LogP contribution in [0.5, 0.6) is 0 Å². The first-order chi connectivity index (χ1) is 14.2. The fourth-order valence-electron chi connectivity index (χ4n) is 3.81. The van der Waals surface area contributed by atoms with Crippen molar-refractivity contribution in [2.45, 2.75) is 18.9 Å². The summed E-state index contributed by atoms with van der Waals surface area (Å²) in [5.41, 5.74) is -0.159. The number of carbonyl (C=O) groups is 4. The van der Waals surface area contributed by atoms with Gasteiger partial charge in [0.15, 0.2) is 0 Å². The summed E-state index contributed by atoms with van der Waals surface area (Å²) in [6.07, 6.45) is 0.259. The molecular formula is C21H17Cl2N3O4. The molecule has 0 spiro atoms. The zero-order valence-corrected chi connectivity index (χ0v) is 17.5. The average Bonchev–Trinajstić information content (AvgIpc) is 3.07. The Morgan fingerprint density at radius 1 is 0.900 bits per heavy atom. The summed E-state index contributed by atoms with van der Waals surface area (Å²) in [5.74, 6) is -1.20. The third-order valence-corrected chi connectivity index (χ3v) is 5.93. The number of nitrogens with one attached hydrogen (secondary N) is 1. The predicted octanol–water partition coefficient (Wildman–Crippen LogP) is 3.45. The van der Waals surface area contributed by atoms with Crippen LogP contribution in [0.25, 0.3) is 0 Å². The van der Waals surface area contributed by atoms with E-state index in [9.17, 15) is 19.2 Å². The van der Waals surface area contributed by atoms with Crippen molar-refractivity contribution in [3.63, 3.8) is 0 Å². The van der Waals surface area contributed by atoms with E-state index in [0.717, 1.165) is 9.80 Å². The minimum absolute atomic E-state index is 0.0544. The summed E-state index contributed by atoms with van der Waals surface area (Å²) < 4.78 is 0. The Kier molecular flexibility index (Phi) is 5.03. The molecule has 0 radical (unpaired) electrons. The van der Waals surface area contributed by atoms with Crippen LogP contribution in [0.2, 0.25) is 10.0 Å². The molecule has 2 aliphatic heterocycles. The van der Waals surface area contributed by atoms with E-state index in [-0.39, 0.29) is 36.3 Å². The molecule has 4 rings (SSSR count). The van der Waals surface area contributed by atoms with E-state index < -0.39 is 17.5 Å². The van der Waals surface area contributed by atoms with Gasteiger partial charge in [0.1, 0.15) is 5.54 Å². The van der Waals surface area contributed by atoms with Crippen LogP contribution >= 0.6 is 23.2 Å². The van der Waals surface area contributed by atoms with E-state index >= 15 is 0 Å². The number of carbonyl (C=O) groups excluding carboxylic acids is 4. The predicted molar refractivity (Wildman–Crippen MR) is 110 cm³/mol. The first kappa shape index (κ1) is 20.4. The van der Waals surface area contributed by atoms with Crippen LogP contribution in [0.1, 0.15) is 39.6 Å². The first-order valence-corrected chi connectivity index (χ1v) is 10.0. The number of hydrogen-bond donors (Lipinski definition) is 1. The maximum atomic E-state index is 13.0. The second-order valence-corrected chi connectivity index (χ2v) is 8.14. The highest BCUT2D eigenvalue weighted by Crippen LogP contribution is 2.35. The number of halogens is 2. The van der Waals surface area contributed by atoms with Gasteiger partial charge in [-0.25, -0.2) is 4.79 Å². The van der Waals surface area contributed by atoms with E-state index in [1.54, 1.807) is 43.3 Å². The van der Waals surface area contributed by atoms with Crippen molar-refractivity contribution in [1.82, 2.24) is 15.1 Å². The molecule has 5 amide bonds. The highest BCUT2D eigenvalue weighted by Gasteiger charge is 2.49. The van der Waals surface area contributed by atoms with Gasteiger partial charge in [-0.3, -0.25) is 24.2 Å². The van der Waals surface area contributed by atoms with Gasteiger partial charge in [-0.2, -0.15) is 0 Å². The SMILES string of the molecule is CC1(c2ccc(Cl)cc2Cl)NC(=O)N(CCCN2C(=O)c3ccccc3C2=O)C1=O. The van der Waals surface area contributed by atoms with Gasteiger partial charge in [-0.05, 0) is 37.6 Å². The lowest BCUT2D eigenvalue weighted by molar-refractivity contribution is -0.131. The maximum absolute atomic E-state index is 13.0. The van der Waals surface area contributed by atoms with Crippen molar-refractivity contribution < 1.29 is 19.2 Å². The zero-order valence-electron chi connectivity index (χ0n) is 15.9. The molecule has 2 aliphatic rings. The van der Waals surface area contributed by atoms with Crippen LogP contribution in [-0.2, 0) is 10.3 Å². The monoisotopic (exact) mass is 445 g/mol. The van der Waals surface area contributed by atoms with Crippen LogP contribution in [0.15, 0.2) is 42.5 Å². The second-order valence-electron chi connectivity index (χ2n) is 7.30. The number of nitrogens with zero attached hydrogens (tertiary/aromatic N) is 2. The van der Waals surface area contributed by atoms with Gasteiger partial charge in [0.25, 0.3) is 17.7 Å². The van der Waals surface area contributed by atoms with Crippen LogP contribution in [-0.4, -0.2) is 46.6 Å². The molecule has 154 valence electrons. The van der Waals surface area contributed by atoms with E-state index in [1.807, 2.05) is 0 Å². The highest BCUT2D eigenvalue weighted by atomic mass is 35.5. The Morgan fingerprint density at radius 3 is 2.10 bits per heavy atom.